The lowest BCUT2D eigenvalue weighted by atomic mass is 9.83. The first-order valence-corrected chi connectivity index (χ1v) is 5.66. The fourth-order valence-electron chi connectivity index (χ4n) is 3.07. The van der Waals surface area contributed by atoms with E-state index in [9.17, 15) is 0 Å². The van der Waals surface area contributed by atoms with Crippen molar-refractivity contribution in [2.45, 2.75) is 45.2 Å². The van der Waals surface area contributed by atoms with Gasteiger partial charge in [0.2, 0.25) is 0 Å². The third kappa shape index (κ3) is 1.62. The maximum absolute atomic E-state index is 2.64. The summed E-state index contributed by atoms with van der Waals surface area (Å²) in [5.41, 5.74) is 0. The summed E-state index contributed by atoms with van der Waals surface area (Å²) in [5.74, 6) is 0.945. The van der Waals surface area contributed by atoms with Gasteiger partial charge in [-0.25, -0.2) is 0 Å². The molecule has 1 heterocycles. The van der Waals surface area contributed by atoms with Crippen LogP contribution in [0.1, 0.15) is 33.1 Å². The van der Waals surface area contributed by atoms with Crippen LogP contribution in [0.2, 0.25) is 0 Å². The molecule has 1 aliphatic carbocycles. The van der Waals surface area contributed by atoms with Crippen molar-refractivity contribution >= 4 is 0 Å². The lowest BCUT2D eigenvalue weighted by molar-refractivity contribution is 0.183. The van der Waals surface area contributed by atoms with Gasteiger partial charge in [0.25, 0.3) is 0 Å². The molecule has 2 fully saturated rings. The highest BCUT2D eigenvalue weighted by Gasteiger charge is 2.40. The second-order valence-corrected chi connectivity index (χ2v) is 4.86. The maximum Gasteiger partial charge on any atom is 0.0509 e. The van der Waals surface area contributed by atoms with E-state index >= 15 is 0 Å². The summed E-state index contributed by atoms with van der Waals surface area (Å²) in [4.78, 5) is 5.18. The minimum atomic E-state index is 0.851. The monoisotopic (exact) mass is 182 g/mol. The van der Waals surface area contributed by atoms with Crippen molar-refractivity contribution in [3.63, 3.8) is 0 Å². The van der Waals surface area contributed by atoms with Crippen LogP contribution in [-0.4, -0.2) is 42.1 Å². The van der Waals surface area contributed by atoms with Crippen LogP contribution in [0.15, 0.2) is 0 Å². The summed E-state index contributed by atoms with van der Waals surface area (Å²) >= 11 is 0. The number of likely N-dealkylation sites (N-methyl/N-ethyl adjacent to an activating group) is 2. The Labute approximate surface area is 81.9 Å². The topological polar surface area (TPSA) is 6.48 Å². The Kier molecular flexibility index (Phi) is 2.61. The van der Waals surface area contributed by atoms with Crippen LogP contribution in [0.3, 0.4) is 0 Å². The number of rotatable bonds is 1. The van der Waals surface area contributed by atoms with Crippen molar-refractivity contribution in [3.8, 4) is 0 Å². The number of fused-ring (bicyclic) bond motifs is 1. The molecule has 2 nitrogen and oxygen atoms in total. The lowest BCUT2D eigenvalue weighted by Gasteiger charge is -2.34. The molecule has 0 aromatic carbocycles. The van der Waals surface area contributed by atoms with Crippen LogP contribution < -0.4 is 0 Å². The first-order valence-electron chi connectivity index (χ1n) is 5.66. The first kappa shape index (κ1) is 9.47. The molecule has 0 spiro atoms. The standard InChI is InChI=1S/C11H22N2/c1-4-13-8-12(3)11-7-9(2)5-6-10(11)13/h9-11H,4-8H2,1-3H3. The molecule has 2 rings (SSSR count). The summed E-state index contributed by atoms with van der Waals surface area (Å²) in [6.45, 7) is 7.10. The molecule has 0 bridgehead atoms. The fourth-order valence-corrected chi connectivity index (χ4v) is 3.07. The minimum absolute atomic E-state index is 0.851. The SMILES string of the molecule is CCN1CN(C)C2CC(C)CCC21. The third-order valence-corrected chi connectivity index (χ3v) is 3.89. The molecule has 0 amide bonds. The van der Waals surface area contributed by atoms with E-state index in [2.05, 4.69) is 30.7 Å². The molecule has 2 heteroatoms. The lowest BCUT2D eigenvalue weighted by Crippen LogP contribution is -2.41. The largest absolute Gasteiger partial charge is 0.289 e. The van der Waals surface area contributed by atoms with E-state index in [-0.39, 0.29) is 0 Å². The molecular formula is C11H22N2. The molecule has 3 unspecified atom stereocenters. The molecule has 3 atom stereocenters. The molecular weight excluding hydrogens is 160 g/mol. The second kappa shape index (κ2) is 3.58. The molecule has 1 saturated carbocycles. The average molecular weight is 182 g/mol. The highest BCUT2D eigenvalue weighted by atomic mass is 15.4. The normalized spacial score (nSPS) is 42.2. The minimum Gasteiger partial charge on any atom is -0.289 e. The van der Waals surface area contributed by atoms with Gasteiger partial charge in [-0.1, -0.05) is 13.8 Å². The number of hydrogen-bond acceptors (Lipinski definition) is 2. The van der Waals surface area contributed by atoms with Crippen molar-refractivity contribution in [3.05, 3.63) is 0 Å². The Hall–Kier alpha value is -0.0800. The van der Waals surface area contributed by atoms with E-state index in [1.807, 2.05) is 0 Å². The number of hydrogen-bond donors (Lipinski definition) is 0. The first-order chi connectivity index (χ1) is 6.22. The van der Waals surface area contributed by atoms with Crippen molar-refractivity contribution in [2.24, 2.45) is 5.92 Å². The Bertz CT molecular complexity index is 181. The molecule has 0 N–H and O–H groups in total. The zero-order valence-electron chi connectivity index (χ0n) is 9.16. The molecule has 1 aliphatic heterocycles. The average Bonchev–Trinajstić information content (AvgIpc) is 2.43. The Morgan fingerprint density at radius 2 is 2.00 bits per heavy atom. The van der Waals surface area contributed by atoms with Crippen LogP contribution >= 0.6 is 0 Å². The Balaban J connectivity index is 2.05. The van der Waals surface area contributed by atoms with Crippen molar-refractivity contribution < 1.29 is 0 Å². The van der Waals surface area contributed by atoms with E-state index < -0.39 is 0 Å². The van der Waals surface area contributed by atoms with Crippen LogP contribution in [-0.2, 0) is 0 Å². The van der Waals surface area contributed by atoms with Gasteiger partial charge in [-0.3, -0.25) is 9.80 Å². The summed E-state index contributed by atoms with van der Waals surface area (Å²) < 4.78 is 0. The van der Waals surface area contributed by atoms with Gasteiger partial charge >= 0.3 is 0 Å². The summed E-state index contributed by atoms with van der Waals surface area (Å²) in [5, 5.41) is 0. The quantitative estimate of drug-likeness (QED) is 0.610. The van der Waals surface area contributed by atoms with Crippen molar-refractivity contribution in [1.29, 1.82) is 0 Å². The molecule has 0 radical (unpaired) electrons. The highest BCUT2D eigenvalue weighted by molar-refractivity contribution is 4.95. The third-order valence-electron chi connectivity index (χ3n) is 3.89. The predicted octanol–water partition coefficient (Wildman–Crippen LogP) is 1.77. The highest BCUT2D eigenvalue weighted by Crippen LogP contribution is 2.34. The van der Waals surface area contributed by atoms with Crippen LogP contribution in [0, 0.1) is 5.92 Å². The smallest absolute Gasteiger partial charge is 0.0509 e. The van der Waals surface area contributed by atoms with Gasteiger partial charge < -0.3 is 0 Å². The van der Waals surface area contributed by atoms with E-state index in [0.717, 1.165) is 18.0 Å². The fraction of sp³-hybridized carbons (Fsp3) is 1.00. The summed E-state index contributed by atoms with van der Waals surface area (Å²) in [6, 6.07) is 1.72. The van der Waals surface area contributed by atoms with Gasteiger partial charge in [0.1, 0.15) is 0 Å². The molecule has 13 heavy (non-hydrogen) atoms. The summed E-state index contributed by atoms with van der Waals surface area (Å²) in [6.07, 6.45) is 4.27. The molecule has 0 aromatic rings. The maximum atomic E-state index is 2.64. The van der Waals surface area contributed by atoms with E-state index in [1.165, 1.54) is 32.5 Å². The summed E-state index contributed by atoms with van der Waals surface area (Å²) in [7, 11) is 2.28. The van der Waals surface area contributed by atoms with Crippen LogP contribution in [0.25, 0.3) is 0 Å². The predicted molar refractivity (Wildman–Crippen MR) is 55.6 cm³/mol. The van der Waals surface area contributed by atoms with Crippen molar-refractivity contribution in [2.75, 3.05) is 20.3 Å². The Morgan fingerprint density at radius 1 is 1.23 bits per heavy atom. The zero-order chi connectivity index (χ0) is 9.42. The van der Waals surface area contributed by atoms with E-state index in [4.69, 9.17) is 0 Å². The van der Waals surface area contributed by atoms with Gasteiger partial charge in [-0.15, -0.1) is 0 Å². The van der Waals surface area contributed by atoms with Crippen LogP contribution in [0.5, 0.6) is 0 Å². The van der Waals surface area contributed by atoms with E-state index in [0.29, 0.717) is 0 Å². The molecule has 0 aromatic heterocycles. The van der Waals surface area contributed by atoms with E-state index in [1.54, 1.807) is 0 Å². The molecule has 2 aliphatic rings. The zero-order valence-corrected chi connectivity index (χ0v) is 9.16. The van der Waals surface area contributed by atoms with Gasteiger partial charge in [0.05, 0.1) is 6.67 Å². The second-order valence-electron chi connectivity index (χ2n) is 4.86. The van der Waals surface area contributed by atoms with Crippen LogP contribution in [0.4, 0.5) is 0 Å². The molecule has 76 valence electrons. The van der Waals surface area contributed by atoms with Gasteiger partial charge in [-0.05, 0) is 38.8 Å². The van der Waals surface area contributed by atoms with Crippen molar-refractivity contribution in [1.82, 2.24) is 9.80 Å². The van der Waals surface area contributed by atoms with Gasteiger partial charge in [-0.2, -0.15) is 0 Å². The number of nitrogens with zero attached hydrogens (tertiary/aromatic N) is 2. The van der Waals surface area contributed by atoms with Gasteiger partial charge in [0.15, 0.2) is 0 Å². The Morgan fingerprint density at radius 3 is 2.69 bits per heavy atom. The molecule has 1 saturated heterocycles. The van der Waals surface area contributed by atoms with Gasteiger partial charge in [0, 0.05) is 12.1 Å².